The average Bonchev–Trinajstić information content (AvgIpc) is 1.59. The van der Waals surface area contributed by atoms with E-state index in [0.29, 0.717) is 0 Å². The Labute approximate surface area is 64.1 Å². The maximum atomic E-state index is 5.51. The molecule has 2 nitrogen and oxygen atoms in total. The van der Waals surface area contributed by atoms with Crippen molar-refractivity contribution in [1.29, 1.82) is 0 Å². The van der Waals surface area contributed by atoms with Crippen LogP contribution in [-0.2, 0) is 4.84 Å². The monoisotopic (exact) mass is 145 g/mol. The summed E-state index contributed by atoms with van der Waals surface area (Å²) in [4.78, 5) is 5.51. The summed E-state index contributed by atoms with van der Waals surface area (Å²) < 4.78 is 0. The Kier molecular flexibility index (Phi) is 3.91. The second-order valence-electron chi connectivity index (χ2n) is 3.41. The highest BCUT2D eigenvalue weighted by Gasteiger charge is 2.17. The first-order valence-corrected chi connectivity index (χ1v) is 3.84. The van der Waals surface area contributed by atoms with Crippen molar-refractivity contribution in [2.75, 3.05) is 14.1 Å². The zero-order chi connectivity index (χ0) is 8.20. The molecule has 0 fully saturated rings. The second kappa shape index (κ2) is 3.94. The van der Waals surface area contributed by atoms with E-state index in [4.69, 9.17) is 4.84 Å². The molecule has 0 heterocycles. The summed E-state index contributed by atoms with van der Waals surface area (Å²) in [5.74, 6) is 0. The van der Waals surface area contributed by atoms with Gasteiger partial charge in [-0.15, -0.1) is 0 Å². The van der Waals surface area contributed by atoms with Gasteiger partial charge in [-0.3, -0.25) is 4.84 Å². The summed E-state index contributed by atoms with van der Waals surface area (Å²) >= 11 is 0. The standard InChI is InChI=1S/C8H19NO/c1-6-7-8(2,3)10-9(4)5/h6-7H2,1-5H3. The van der Waals surface area contributed by atoms with E-state index in [0.717, 1.165) is 6.42 Å². The molecular formula is C8H19NO. The van der Waals surface area contributed by atoms with Crippen LogP contribution in [0.4, 0.5) is 0 Å². The van der Waals surface area contributed by atoms with Gasteiger partial charge in [-0.2, -0.15) is 5.06 Å². The van der Waals surface area contributed by atoms with Crippen LogP contribution >= 0.6 is 0 Å². The van der Waals surface area contributed by atoms with E-state index >= 15 is 0 Å². The van der Waals surface area contributed by atoms with E-state index in [2.05, 4.69) is 20.8 Å². The first kappa shape index (κ1) is 9.92. The number of hydrogen-bond acceptors (Lipinski definition) is 2. The van der Waals surface area contributed by atoms with E-state index in [1.54, 1.807) is 5.06 Å². The van der Waals surface area contributed by atoms with Crippen LogP contribution in [0.25, 0.3) is 0 Å². The Morgan fingerprint density at radius 3 is 2.10 bits per heavy atom. The van der Waals surface area contributed by atoms with Crippen molar-refractivity contribution in [2.24, 2.45) is 0 Å². The maximum absolute atomic E-state index is 5.51. The van der Waals surface area contributed by atoms with Gasteiger partial charge in [0, 0.05) is 14.1 Å². The summed E-state index contributed by atoms with van der Waals surface area (Å²) in [7, 11) is 3.83. The van der Waals surface area contributed by atoms with Crippen molar-refractivity contribution in [2.45, 2.75) is 39.2 Å². The molecule has 0 aromatic heterocycles. The quantitative estimate of drug-likeness (QED) is 0.561. The Bertz CT molecular complexity index is 89.3. The van der Waals surface area contributed by atoms with Crippen LogP contribution in [0.5, 0.6) is 0 Å². The topological polar surface area (TPSA) is 12.5 Å². The highest BCUT2D eigenvalue weighted by Crippen LogP contribution is 2.16. The zero-order valence-corrected chi connectivity index (χ0v) is 7.77. The molecular weight excluding hydrogens is 126 g/mol. The van der Waals surface area contributed by atoms with E-state index in [1.807, 2.05) is 14.1 Å². The van der Waals surface area contributed by atoms with Crippen molar-refractivity contribution < 1.29 is 4.84 Å². The molecule has 0 aliphatic rings. The Balaban J connectivity index is 3.63. The third-order valence-electron chi connectivity index (χ3n) is 1.28. The van der Waals surface area contributed by atoms with Crippen LogP contribution in [0, 0.1) is 0 Å². The second-order valence-corrected chi connectivity index (χ2v) is 3.41. The molecule has 0 spiro atoms. The molecule has 0 amide bonds. The summed E-state index contributed by atoms with van der Waals surface area (Å²) in [6.45, 7) is 6.38. The van der Waals surface area contributed by atoms with Crippen molar-refractivity contribution >= 4 is 0 Å². The molecule has 62 valence electrons. The number of hydroxylamine groups is 2. The van der Waals surface area contributed by atoms with Gasteiger partial charge in [-0.05, 0) is 20.3 Å². The predicted molar refractivity (Wildman–Crippen MR) is 43.8 cm³/mol. The molecule has 0 aromatic carbocycles. The number of hydrogen-bond donors (Lipinski definition) is 0. The normalized spacial score (nSPS) is 12.6. The molecule has 0 bridgehead atoms. The fourth-order valence-corrected chi connectivity index (χ4v) is 1.14. The van der Waals surface area contributed by atoms with E-state index < -0.39 is 0 Å². The minimum absolute atomic E-state index is 0.00174. The lowest BCUT2D eigenvalue weighted by Crippen LogP contribution is -2.31. The summed E-state index contributed by atoms with van der Waals surface area (Å²) in [6.07, 6.45) is 2.27. The van der Waals surface area contributed by atoms with Crippen LogP contribution in [0.2, 0.25) is 0 Å². The van der Waals surface area contributed by atoms with E-state index in [1.165, 1.54) is 6.42 Å². The molecule has 0 N–H and O–H groups in total. The highest BCUT2D eigenvalue weighted by atomic mass is 16.7. The average molecular weight is 145 g/mol. The molecule has 10 heavy (non-hydrogen) atoms. The van der Waals surface area contributed by atoms with E-state index in [-0.39, 0.29) is 5.60 Å². The minimum atomic E-state index is -0.00174. The Morgan fingerprint density at radius 1 is 1.30 bits per heavy atom. The molecule has 0 atom stereocenters. The molecule has 0 aliphatic heterocycles. The Hall–Kier alpha value is -0.0800. The lowest BCUT2D eigenvalue weighted by Gasteiger charge is -2.27. The van der Waals surface area contributed by atoms with Gasteiger partial charge in [-0.25, -0.2) is 0 Å². The first-order chi connectivity index (χ1) is 4.48. The van der Waals surface area contributed by atoms with Gasteiger partial charge in [0.1, 0.15) is 0 Å². The van der Waals surface area contributed by atoms with Crippen LogP contribution < -0.4 is 0 Å². The summed E-state index contributed by atoms with van der Waals surface area (Å²) in [6, 6.07) is 0. The molecule has 0 rings (SSSR count). The molecule has 0 unspecified atom stereocenters. The van der Waals surface area contributed by atoms with Crippen molar-refractivity contribution in [1.82, 2.24) is 5.06 Å². The van der Waals surface area contributed by atoms with Crippen LogP contribution in [0.15, 0.2) is 0 Å². The fourth-order valence-electron chi connectivity index (χ4n) is 1.14. The minimum Gasteiger partial charge on any atom is -0.294 e. The van der Waals surface area contributed by atoms with Crippen molar-refractivity contribution in [3.05, 3.63) is 0 Å². The molecule has 0 saturated carbocycles. The third kappa shape index (κ3) is 4.77. The molecule has 0 aliphatic carbocycles. The predicted octanol–water partition coefficient (Wildman–Crippen LogP) is 2.06. The smallest absolute Gasteiger partial charge is 0.0843 e. The van der Waals surface area contributed by atoms with Gasteiger partial charge in [-0.1, -0.05) is 13.3 Å². The SMILES string of the molecule is CCCC(C)(C)ON(C)C. The van der Waals surface area contributed by atoms with E-state index in [9.17, 15) is 0 Å². The largest absolute Gasteiger partial charge is 0.294 e. The van der Waals surface area contributed by atoms with Crippen molar-refractivity contribution in [3.8, 4) is 0 Å². The third-order valence-corrected chi connectivity index (χ3v) is 1.28. The van der Waals surface area contributed by atoms with Gasteiger partial charge in [0.2, 0.25) is 0 Å². The van der Waals surface area contributed by atoms with Gasteiger partial charge in [0.05, 0.1) is 5.60 Å². The first-order valence-electron chi connectivity index (χ1n) is 3.84. The summed E-state index contributed by atoms with van der Waals surface area (Å²) in [5, 5.41) is 1.76. The summed E-state index contributed by atoms with van der Waals surface area (Å²) in [5.41, 5.74) is -0.00174. The zero-order valence-electron chi connectivity index (χ0n) is 7.77. The van der Waals surface area contributed by atoms with Crippen LogP contribution in [0.3, 0.4) is 0 Å². The van der Waals surface area contributed by atoms with Crippen molar-refractivity contribution in [3.63, 3.8) is 0 Å². The maximum Gasteiger partial charge on any atom is 0.0843 e. The lowest BCUT2D eigenvalue weighted by molar-refractivity contribution is -0.208. The number of nitrogens with zero attached hydrogens (tertiary/aromatic N) is 1. The molecule has 2 heteroatoms. The Morgan fingerprint density at radius 2 is 1.80 bits per heavy atom. The molecule has 0 aromatic rings. The lowest BCUT2D eigenvalue weighted by atomic mass is 10.0. The molecule has 0 saturated heterocycles. The van der Waals surface area contributed by atoms with Crippen LogP contribution in [0.1, 0.15) is 33.6 Å². The highest BCUT2D eigenvalue weighted by molar-refractivity contribution is 4.65. The van der Waals surface area contributed by atoms with Gasteiger partial charge < -0.3 is 0 Å². The number of rotatable bonds is 4. The van der Waals surface area contributed by atoms with Gasteiger partial charge in [0.15, 0.2) is 0 Å². The van der Waals surface area contributed by atoms with Gasteiger partial charge >= 0.3 is 0 Å². The van der Waals surface area contributed by atoms with Gasteiger partial charge in [0.25, 0.3) is 0 Å². The van der Waals surface area contributed by atoms with Crippen LogP contribution in [-0.4, -0.2) is 24.8 Å². The molecule has 0 radical (unpaired) electrons. The fraction of sp³-hybridized carbons (Fsp3) is 1.00.